The van der Waals surface area contributed by atoms with Crippen molar-refractivity contribution in [2.24, 2.45) is 0 Å². The van der Waals surface area contributed by atoms with Crippen molar-refractivity contribution < 1.29 is 27.9 Å². The predicted octanol–water partition coefficient (Wildman–Crippen LogP) is 4.44. The lowest BCUT2D eigenvalue weighted by molar-refractivity contribution is 0.0696. The second-order valence-electron chi connectivity index (χ2n) is 6.28. The van der Waals surface area contributed by atoms with Gasteiger partial charge in [0.25, 0.3) is 0 Å². The lowest BCUT2D eigenvalue weighted by Crippen LogP contribution is -2.46. The van der Waals surface area contributed by atoms with Gasteiger partial charge in [-0.1, -0.05) is 24.3 Å². The molecule has 0 aliphatic heterocycles. The number of ketones is 1. The van der Waals surface area contributed by atoms with Crippen LogP contribution in [-0.4, -0.2) is 46.1 Å². The fourth-order valence-corrected chi connectivity index (χ4v) is 5.64. The van der Waals surface area contributed by atoms with Gasteiger partial charge >= 0.3 is 8.80 Å². The molecule has 0 aliphatic rings. The molecule has 0 saturated carbocycles. The standard InChI is InChI=1S/C22H30O6Si/c1-4-26-29(27-5-2,28-6-3)17-11-16-25-21-15-10-8-13-19(21)22(24)18-12-7-9-14-20(18)23/h7-10,12-15,23H,4-6,11,16-17H2,1-3H3. The molecule has 29 heavy (non-hydrogen) atoms. The van der Waals surface area contributed by atoms with Crippen LogP contribution in [0, 0.1) is 0 Å². The van der Waals surface area contributed by atoms with Crippen molar-refractivity contribution in [3.8, 4) is 11.5 Å². The monoisotopic (exact) mass is 418 g/mol. The van der Waals surface area contributed by atoms with E-state index in [0.717, 1.165) is 0 Å². The van der Waals surface area contributed by atoms with Gasteiger partial charge in [0.2, 0.25) is 0 Å². The van der Waals surface area contributed by atoms with Crippen molar-refractivity contribution in [3.63, 3.8) is 0 Å². The summed E-state index contributed by atoms with van der Waals surface area (Å²) < 4.78 is 23.5. The SMILES string of the molecule is CCO[Si](CCCOc1ccccc1C(=O)c1ccccc1O)(OCC)OCC. The number of phenols is 1. The van der Waals surface area contributed by atoms with Crippen molar-refractivity contribution in [3.05, 3.63) is 59.7 Å². The van der Waals surface area contributed by atoms with Crippen LogP contribution in [0.5, 0.6) is 11.5 Å². The summed E-state index contributed by atoms with van der Waals surface area (Å²) in [5.41, 5.74) is 0.663. The topological polar surface area (TPSA) is 74.2 Å². The molecule has 0 amide bonds. The van der Waals surface area contributed by atoms with Crippen molar-refractivity contribution in [1.82, 2.24) is 0 Å². The third kappa shape index (κ3) is 6.40. The molecule has 0 saturated heterocycles. The minimum Gasteiger partial charge on any atom is -0.507 e. The average molecular weight is 419 g/mol. The van der Waals surface area contributed by atoms with E-state index in [0.29, 0.717) is 50.2 Å². The zero-order valence-electron chi connectivity index (χ0n) is 17.3. The molecular formula is C22H30O6Si. The highest BCUT2D eigenvalue weighted by Crippen LogP contribution is 2.26. The number of hydrogen-bond acceptors (Lipinski definition) is 6. The number of carbonyl (C=O) groups is 1. The summed E-state index contributed by atoms with van der Waals surface area (Å²) >= 11 is 0. The normalized spacial score (nSPS) is 11.4. The van der Waals surface area contributed by atoms with E-state index in [4.69, 9.17) is 18.0 Å². The second-order valence-corrected chi connectivity index (χ2v) is 9.01. The molecule has 0 heterocycles. The predicted molar refractivity (Wildman–Crippen MR) is 114 cm³/mol. The van der Waals surface area contributed by atoms with E-state index in [9.17, 15) is 9.90 Å². The molecule has 0 unspecified atom stereocenters. The summed E-state index contributed by atoms with van der Waals surface area (Å²) in [6.07, 6.45) is 0.672. The summed E-state index contributed by atoms with van der Waals surface area (Å²) in [4.78, 5) is 12.8. The first-order valence-corrected chi connectivity index (χ1v) is 12.0. The highest BCUT2D eigenvalue weighted by Gasteiger charge is 2.39. The van der Waals surface area contributed by atoms with Gasteiger partial charge in [-0.3, -0.25) is 4.79 Å². The molecular weight excluding hydrogens is 388 g/mol. The van der Waals surface area contributed by atoms with Gasteiger partial charge in [0.1, 0.15) is 11.5 Å². The lowest BCUT2D eigenvalue weighted by Gasteiger charge is -2.28. The van der Waals surface area contributed by atoms with E-state index in [2.05, 4.69) is 0 Å². The van der Waals surface area contributed by atoms with Crippen LogP contribution in [0.25, 0.3) is 0 Å². The van der Waals surface area contributed by atoms with Crippen LogP contribution in [0.1, 0.15) is 43.1 Å². The molecule has 0 atom stereocenters. The molecule has 0 aromatic heterocycles. The van der Waals surface area contributed by atoms with Gasteiger partial charge in [-0.15, -0.1) is 0 Å². The molecule has 2 aromatic carbocycles. The smallest absolute Gasteiger partial charge is 0.501 e. The van der Waals surface area contributed by atoms with Gasteiger partial charge < -0.3 is 23.1 Å². The van der Waals surface area contributed by atoms with Crippen molar-refractivity contribution >= 4 is 14.6 Å². The first kappa shape index (κ1) is 23.1. The number of para-hydroxylation sites is 2. The lowest BCUT2D eigenvalue weighted by atomic mass is 10.0. The molecule has 0 spiro atoms. The highest BCUT2D eigenvalue weighted by atomic mass is 28.4. The first-order valence-electron chi connectivity index (χ1n) is 10.0. The maximum absolute atomic E-state index is 12.8. The van der Waals surface area contributed by atoms with E-state index >= 15 is 0 Å². The van der Waals surface area contributed by atoms with E-state index < -0.39 is 8.80 Å². The van der Waals surface area contributed by atoms with E-state index in [1.807, 2.05) is 26.8 Å². The Hall–Kier alpha value is -2.19. The number of phenolic OH excluding ortho intramolecular Hbond substituents is 1. The third-order valence-corrected chi connectivity index (χ3v) is 7.41. The summed E-state index contributed by atoms with van der Waals surface area (Å²) in [7, 11) is -2.71. The van der Waals surface area contributed by atoms with Crippen LogP contribution in [-0.2, 0) is 13.3 Å². The zero-order chi connectivity index (χ0) is 21.1. The minimum atomic E-state index is -2.71. The minimum absolute atomic E-state index is 0.0479. The van der Waals surface area contributed by atoms with Gasteiger partial charge in [-0.2, -0.15) is 0 Å². The summed E-state index contributed by atoms with van der Waals surface area (Å²) in [5, 5.41) is 9.99. The Morgan fingerprint density at radius 3 is 2.00 bits per heavy atom. The number of aromatic hydroxyl groups is 1. The maximum Gasteiger partial charge on any atom is 0.501 e. The highest BCUT2D eigenvalue weighted by molar-refractivity contribution is 6.60. The Bertz CT molecular complexity index is 762. The number of ether oxygens (including phenoxy) is 1. The van der Waals surface area contributed by atoms with E-state index in [-0.39, 0.29) is 17.1 Å². The van der Waals surface area contributed by atoms with Gasteiger partial charge in [-0.05, 0) is 51.5 Å². The Kier molecular flexibility index (Phi) is 9.33. The van der Waals surface area contributed by atoms with E-state index in [1.54, 1.807) is 36.4 Å². The van der Waals surface area contributed by atoms with Gasteiger partial charge in [0.05, 0.1) is 17.7 Å². The molecule has 0 fully saturated rings. The van der Waals surface area contributed by atoms with Crippen molar-refractivity contribution in [1.29, 1.82) is 0 Å². The van der Waals surface area contributed by atoms with Crippen LogP contribution in [0.3, 0.4) is 0 Å². The van der Waals surface area contributed by atoms with Crippen LogP contribution in [0.15, 0.2) is 48.5 Å². The van der Waals surface area contributed by atoms with Crippen LogP contribution < -0.4 is 4.74 Å². The number of hydrogen-bond donors (Lipinski definition) is 1. The molecule has 0 aliphatic carbocycles. The molecule has 7 heteroatoms. The first-order chi connectivity index (χ1) is 14.1. The molecule has 0 radical (unpaired) electrons. The maximum atomic E-state index is 12.8. The zero-order valence-corrected chi connectivity index (χ0v) is 18.3. The fraction of sp³-hybridized carbons (Fsp3) is 0.409. The van der Waals surface area contributed by atoms with Crippen LogP contribution in [0.2, 0.25) is 6.04 Å². The van der Waals surface area contributed by atoms with Crippen LogP contribution >= 0.6 is 0 Å². The molecule has 158 valence electrons. The Balaban J connectivity index is 2.04. The second kappa shape index (κ2) is 11.7. The molecule has 2 aromatic rings. The average Bonchev–Trinajstić information content (AvgIpc) is 2.72. The Morgan fingerprint density at radius 2 is 1.41 bits per heavy atom. The Labute approximate surface area is 173 Å². The number of rotatable bonds is 13. The van der Waals surface area contributed by atoms with Crippen molar-refractivity contribution in [2.45, 2.75) is 33.2 Å². The summed E-state index contributed by atoms with van der Waals surface area (Å²) in [6.45, 7) is 7.78. The van der Waals surface area contributed by atoms with Gasteiger partial charge in [-0.25, -0.2) is 0 Å². The molecule has 6 nitrogen and oxygen atoms in total. The quantitative estimate of drug-likeness (QED) is 0.294. The number of carbonyl (C=O) groups excluding carboxylic acids is 1. The van der Waals surface area contributed by atoms with Crippen LogP contribution in [0.4, 0.5) is 0 Å². The molecule has 2 rings (SSSR count). The Morgan fingerprint density at radius 1 is 0.862 bits per heavy atom. The van der Waals surface area contributed by atoms with Crippen molar-refractivity contribution in [2.75, 3.05) is 26.4 Å². The van der Waals surface area contributed by atoms with Gasteiger partial charge in [0.15, 0.2) is 5.78 Å². The number of benzene rings is 2. The molecule has 0 bridgehead atoms. The molecule has 1 N–H and O–H groups in total. The summed E-state index contributed by atoms with van der Waals surface area (Å²) in [5.74, 6) is 0.158. The van der Waals surface area contributed by atoms with Gasteiger partial charge in [0, 0.05) is 25.9 Å². The largest absolute Gasteiger partial charge is 0.507 e. The fourth-order valence-electron chi connectivity index (χ4n) is 3.06. The van der Waals surface area contributed by atoms with E-state index in [1.165, 1.54) is 6.07 Å². The third-order valence-electron chi connectivity index (χ3n) is 4.26. The summed E-state index contributed by atoms with van der Waals surface area (Å²) in [6, 6.07) is 14.2.